The summed E-state index contributed by atoms with van der Waals surface area (Å²) in [5.41, 5.74) is 1.17. The fourth-order valence-corrected chi connectivity index (χ4v) is 2.11. The lowest BCUT2D eigenvalue weighted by Crippen LogP contribution is -2.19. The molecule has 74 valence electrons. The first-order valence-corrected chi connectivity index (χ1v) is 5.93. The lowest BCUT2D eigenvalue weighted by Gasteiger charge is -2.16. The lowest BCUT2D eigenvalue weighted by atomic mass is 10.3. The summed E-state index contributed by atoms with van der Waals surface area (Å²) in [6.45, 7) is 1.45. The molecule has 0 bridgehead atoms. The minimum Gasteiger partial charge on any atom is -0.364 e. The van der Waals surface area contributed by atoms with E-state index in [1.807, 2.05) is 6.07 Å². The number of carbonyl (C=O) groups excluding carboxylic acids is 1. The van der Waals surface area contributed by atoms with Gasteiger partial charge in [-0.15, -0.1) is 11.8 Å². The van der Waals surface area contributed by atoms with Crippen molar-refractivity contribution in [1.82, 2.24) is 0 Å². The summed E-state index contributed by atoms with van der Waals surface area (Å²) in [6.07, 6.45) is 2.76. The zero-order valence-electron chi connectivity index (χ0n) is 8.19. The van der Waals surface area contributed by atoms with Gasteiger partial charge in [-0.25, -0.2) is 0 Å². The first-order chi connectivity index (χ1) is 6.79. The van der Waals surface area contributed by atoms with Crippen molar-refractivity contribution in [3.8, 4) is 0 Å². The Bertz CT molecular complexity index is 351. The summed E-state index contributed by atoms with van der Waals surface area (Å²) in [5, 5.41) is 0. The van der Waals surface area contributed by atoms with Gasteiger partial charge in [0.15, 0.2) is 5.78 Å². The fourth-order valence-electron chi connectivity index (χ4n) is 1.66. The maximum absolute atomic E-state index is 11.1. The molecule has 0 aromatic heterocycles. The zero-order chi connectivity index (χ0) is 9.97. The Morgan fingerprint density at radius 2 is 2.29 bits per heavy atom. The van der Waals surface area contributed by atoms with Crippen LogP contribution >= 0.6 is 11.8 Å². The SMILES string of the molecule is CSc1cccc(N2CCC(=O)C2)c1. The Labute approximate surface area is 88.3 Å². The molecule has 0 atom stereocenters. The molecule has 1 heterocycles. The third kappa shape index (κ3) is 1.93. The van der Waals surface area contributed by atoms with Gasteiger partial charge in [-0.05, 0) is 24.5 Å². The second kappa shape index (κ2) is 4.05. The van der Waals surface area contributed by atoms with Crippen LogP contribution in [0.4, 0.5) is 5.69 Å². The summed E-state index contributed by atoms with van der Waals surface area (Å²) in [6, 6.07) is 8.34. The zero-order valence-corrected chi connectivity index (χ0v) is 9.01. The van der Waals surface area contributed by atoms with E-state index < -0.39 is 0 Å². The van der Waals surface area contributed by atoms with E-state index in [1.54, 1.807) is 11.8 Å². The van der Waals surface area contributed by atoms with Crippen LogP contribution in [0.15, 0.2) is 29.2 Å². The molecular weight excluding hydrogens is 194 g/mol. The van der Waals surface area contributed by atoms with Crippen LogP contribution in [-0.4, -0.2) is 25.1 Å². The minimum absolute atomic E-state index is 0.347. The van der Waals surface area contributed by atoms with Crippen LogP contribution in [-0.2, 0) is 4.79 Å². The molecule has 0 aliphatic carbocycles. The second-order valence-corrected chi connectivity index (χ2v) is 4.29. The molecule has 1 saturated heterocycles. The van der Waals surface area contributed by atoms with Crippen molar-refractivity contribution in [2.24, 2.45) is 0 Å². The van der Waals surface area contributed by atoms with Crippen LogP contribution in [0.3, 0.4) is 0 Å². The monoisotopic (exact) mass is 207 g/mol. The highest BCUT2D eigenvalue weighted by atomic mass is 32.2. The van der Waals surface area contributed by atoms with Crippen LogP contribution in [0.25, 0.3) is 0 Å². The number of anilines is 1. The fraction of sp³-hybridized carbons (Fsp3) is 0.364. The number of ketones is 1. The molecule has 2 rings (SSSR count). The molecule has 1 aromatic rings. The maximum Gasteiger partial charge on any atom is 0.153 e. The molecule has 3 heteroatoms. The highest BCUT2D eigenvalue weighted by Gasteiger charge is 2.19. The Morgan fingerprint density at radius 3 is 2.93 bits per heavy atom. The molecule has 0 amide bonds. The van der Waals surface area contributed by atoms with Gasteiger partial charge in [-0.3, -0.25) is 4.79 Å². The van der Waals surface area contributed by atoms with Crippen LogP contribution in [0.5, 0.6) is 0 Å². The predicted molar refractivity (Wildman–Crippen MR) is 60.1 cm³/mol. The van der Waals surface area contributed by atoms with E-state index >= 15 is 0 Å². The van der Waals surface area contributed by atoms with Gasteiger partial charge in [-0.1, -0.05) is 6.07 Å². The number of hydrogen-bond acceptors (Lipinski definition) is 3. The van der Waals surface area contributed by atoms with E-state index in [9.17, 15) is 4.79 Å². The lowest BCUT2D eigenvalue weighted by molar-refractivity contribution is -0.116. The van der Waals surface area contributed by atoms with Gasteiger partial charge in [0.2, 0.25) is 0 Å². The van der Waals surface area contributed by atoms with Crippen LogP contribution in [0.1, 0.15) is 6.42 Å². The van der Waals surface area contributed by atoms with Gasteiger partial charge in [0.1, 0.15) is 0 Å². The van der Waals surface area contributed by atoms with Crippen LogP contribution in [0, 0.1) is 0 Å². The molecule has 0 radical (unpaired) electrons. The summed E-state index contributed by atoms with van der Waals surface area (Å²) in [7, 11) is 0. The van der Waals surface area contributed by atoms with Gasteiger partial charge in [0, 0.05) is 23.5 Å². The molecule has 1 aromatic carbocycles. The number of hydrogen-bond donors (Lipinski definition) is 0. The van der Waals surface area contributed by atoms with E-state index in [0.717, 1.165) is 6.54 Å². The normalized spacial score (nSPS) is 16.4. The molecule has 1 aliphatic heterocycles. The van der Waals surface area contributed by atoms with Crippen LogP contribution < -0.4 is 4.90 Å². The smallest absolute Gasteiger partial charge is 0.153 e. The van der Waals surface area contributed by atoms with E-state index in [1.165, 1.54) is 10.6 Å². The molecule has 0 spiro atoms. The predicted octanol–water partition coefficient (Wildman–Crippen LogP) is 2.19. The second-order valence-electron chi connectivity index (χ2n) is 3.41. The average molecular weight is 207 g/mol. The number of carbonyl (C=O) groups is 1. The van der Waals surface area contributed by atoms with E-state index in [0.29, 0.717) is 18.7 Å². The van der Waals surface area contributed by atoms with Gasteiger partial charge in [0.05, 0.1) is 6.54 Å². The molecule has 0 unspecified atom stereocenters. The molecule has 0 saturated carbocycles. The Hall–Kier alpha value is -0.960. The number of thioether (sulfide) groups is 1. The number of rotatable bonds is 2. The molecule has 1 fully saturated rings. The van der Waals surface area contributed by atoms with Crippen molar-refractivity contribution in [1.29, 1.82) is 0 Å². The Kier molecular flexibility index (Phi) is 2.77. The van der Waals surface area contributed by atoms with Crippen molar-refractivity contribution in [3.63, 3.8) is 0 Å². The van der Waals surface area contributed by atoms with Crippen molar-refractivity contribution in [2.75, 3.05) is 24.2 Å². The maximum atomic E-state index is 11.1. The summed E-state index contributed by atoms with van der Waals surface area (Å²) in [4.78, 5) is 14.5. The first kappa shape index (κ1) is 9.59. The molecule has 1 aliphatic rings. The summed E-state index contributed by atoms with van der Waals surface area (Å²) >= 11 is 1.73. The number of Topliss-reactive ketones (excluding diaryl/α,β-unsaturated/α-hetero) is 1. The molecular formula is C11H13NOS. The molecule has 2 nitrogen and oxygen atoms in total. The van der Waals surface area contributed by atoms with Crippen molar-refractivity contribution >= 4 is 23.2 Å². The van der Waals surface area contributed by atoms with E-state index in [2.05, 4.69) is 29.4 Å². The standard InChI is InChI=1S/C11H13NOS/c1-14-11-4-2-3-9(7-11)12-6-5-10(13)8-12/h2-4,7H,5-6,8H2,1H3. The quantitative estimate of drug-likeness (QED) is 0.693. The third-order valence-corrected chi connectivity index (χ3v) is 3.17. The minimum atomic E-state index is 0.347. The summed E-state index contributed by atoms with van der Waals surface area (Å²) in [5.74, 6) is 0.347. The van der Waals surface area contributed by atoms with Gasteiger partial charge < -0.3 is 4.90 Å². The third-order valence-electron chi connectivity index (χ3n) is 2.45. The van der Waals surface area contributed by atoms with Gasteiger partial charge >= 0.3 is 0 Å². The van der Waals surface area contributed by atoms with Gasteiger partial charge in [-0.2, -0.15) is 0 Å². The Balaban J connectivity index is 2.19. The molecule has 0 N–H and O–H groups in total. The number of benzene rings is 1. The molecule has 14 heavy (non-hydrogen) atoms. The largest absolute Gasteiger partial charge is 0.364 e. The van der Waals surface area contributed by atoms with E-state index in [-0.39, 0.29) is 0 Å². The van der Waals surface area contributed by atoms with Crippen LogP contribution in [0.2, 0.25) is 0 Å². The topological polar surface area (TPSA) is 20.3 Å². The first-order valence-electron chi connectivity index (χ1n) is 4.70. The van der Waals surface area contributed by atoms with Crippen molar-refractivity contribution in [2.45, 2.75) is 11.3 Å². The van der Waals surface area contributed by atoms with Crippen molar-refractivity contribution < 1.29 is 4.79 Å². The highest BCUT2D eigenvalue weighted by molar-refractivity contribution is 7.98. The average Bonchev–Trinajstić information content (AvgIpc) is 2.65. The summed E-state index contributed by atoms with van der Waals surface area (Å²) < 4.78 is 0. The van der Waals surface area contributed by atoms with Gasteiger partial charge in [0.25, 0.3) is 0 Å². The number of nitrogens with zero attached hydrogens (tertiary/aromatic N) is 1. The van der Waals surface area contributed by atoms with Crippen molar-refractivity contribution in [3.05, 3.63) is 24.3 Å². The Morgan fingerprint density at radius 1 is 1.43 bits per heavy atom. The van der Waals surface area contributed by atoms with E-state index in [4.69, 9.17) is 0 Å². The highest BCUT2D eigenvalue weighted by Crippen LogP contribution is 2.23.